The average Bonchev–Trinajstić information content (AvgIpc) is 2.72. The highest BCUT2D eigenvalue weighted by Gasteiger charge is 2.30. The first kappa shape index (κ1) is 12.6. The summed E-state index contributed by atoms with van der Waals surface area (Å²) in [6.07, 6.45) is 8.97. The van der Waals surface area contributed by atoms with Crippen molar-refractivity contribution in [1.29, 1.82) is 0 Å². The van der Waals surface area contributed by atoms with Crippen LogP contribution >= 0.6 is 0 Å². The van der Waals surface area contributed by atoms with E-state index in [1.807, 2.05) is 12.4 Å². The zero-order valence-corrected chi connectivity index (χ0v) is 11.0. The van der Waals surface area contributed by atoms with E-state index >= 15 is 0 Å². The van der Waals surface area contributed by atoms with Gasteiger partial charge in [0.1, 0.15) is 0 Å². The van der Waals surface area contributed by atoms with Crippen LogP contribution in [0.4, 0.5) is 0 Å². The summed E-state index contributed by atoms with van der Waals surface area (Å²) < 4.78 is 0. The van der Waals surface area contributed by atoms with Gasteiger partial charge in [0.05, 0.1) is 0 Å². The molecule has 2 heteroatoms. The lowest BCUT2D eigenvalue weighted by atomic mass is 9.93. The maximum atomic E-state index is 4.04. The second kappa shape index (κ2) is 6.15. The molecule has 0 amide bonds. The molecule has 0 spiro atoms. The highest BCUT2D eigenvalue weighted by Crippen LogP contribution is 2.33. The predicted octanol–water partition coefficient (Wildman–Crippen LogP) is 3.04. The van der Waals surface area contributed by atoms with E-state index in [2.05, 4.69) is 36.3 Å². The molecule has 0 bridgehead atoms. The van der Waals surface area contributed by atoms with Crippen LogP contribution in [0.15, 0.2) is 24.5 Å². The minimum absolute atomic E-state index is 0.738. The topological polar surface area (TPSA) is 24.9 Å². The number of hydrogen-bond acceptors (Lipinski definition) is 2. The van der Waals surface area contributed by atoms with Gasteiger partial charge in [-0.2, -0.15) is 0 Å². The Balaban J connectivity index is 1.73. The van der Waals surface area contributed by atoms with Crippen LogP contribution in [0.2, 0.25) is 0 Å². The molecule has 94 valence electrons. The maximum Gasteiger partial charge on any atom is 0.0270 e. The molecule has 1 aromatic rings. The largest absolute Gasteiger partial charge is 0.313 e. The molecule has 2 rings (SSSR count). The van der Waals surface area contributed by atoms with Crippen LogP contribution in [0.25, 0.3) is 0 Å². The van der Waals surface area contributed by atoms with Crippen LogP contribution in [-0.2, 0) is 6.42 Å². The first-order valence-corrected chi connectivity index (χ1v) is 6.93. The Hall–Kier alpha value is -0.890. The summed E-state index contributed by atoms with van der Waals surface area (Å²) in [4.78, 5) is 4.04. The summed E-state index contributed by atoms with van der Waals surface area (Å²) in [5, 5.41) is 3.72. The zero-order valence-electron chi connectivity index (χ0n) is 11.0. The lowest BCUT2D eigenvalue weighted by Gasteiger charge is -2.21. The van der Waals surface area contributed by atoms with Gasteiger partial charge in [0.2, 0.25) is 0 Å². The predicted molar refractivity (Wildman–Crippen MR) is 71.9 cm³/mol. The summed E-state index contributed by atoms with van der Waals surface area (Å²) >= 11 is 0. The van der Waals surface area contributed by atoms with Crippen LogP contribution < -0.4 is 5.32 Å². The van der Waals surface area contributed by atoms with Crippen molar-refractivity contribution in [2.45, 2.75) is 45.6 Å². The van der Waals surface area contributed by atoms with Crippen molar-refractivity contribution < 1.29 is 0 Å². The normalized spacial score (nSPS) is 28.5. The molecular formula is C15H24N2. The van der Waals surface area contributed by atoms with Gasteiger partial charge in [0, 0.05) is 18.4 Å². The van der Waals surface area contributed by atoms with Gasteiger partial charge in [0.15, 0.2) is 0 Å². The number of hydrogen-bond donors (Lipinski definition) is 1. The minimum Gasteiger partial charge on any atom is -0.313 e. The number of pyridine rings is 1. The fraction of sp³-hybridized carbons (Fsp3) is 0.667. The van der Waals surface area contributed by atoms with Gasteiger partial charge in [-0.05, 0) is 55.3 Å². The Bertz CT molecular complexity index is 323. The van der Waals surface area contributed by atoms with Crippen LogP contribution in [0.1, 0.15) is 38.7 Å². The van der Waals surface area contributed by atoms with Gasteiger partial charge in [0.25, 0.3) is 0 Å². The van der Waals surface area contributed by atoms with Gasteiger partial charge in [-0.25, -0.2) is 0 Å². The second-order valence-corrected chi connectivity index (χ2v) is 5.27. The molecule has 0 aliphatic heterocycles. The van der Waals surface area contributed by atoms with Crippen molar-refractivity contribution in [2.24, 2.45) is 11.8 Å². The molecule has 1 N–H and O–H groups in total. The summed E-state index contributed by atoms with van der Waals surface area (Å²) in [6, 6.07) is 4.95. The Morgan fingerprint density at radius 2 is 2.06 bits per heavy atom. The Labute approximate surface area is 105 Å². The van der Waals surface area contributed by atoms with Crippen LogP contribution in [0.5, 0.6) is 0 Å². The van der Waals surface area contributed by atoms with Gasteiger partial charge in [-0.1, -0.05) is 20.3 Å². The highest BCUT2D eigenvalue weighted by molar-refractivity contribution is 5.09. The molecule has 1 aliphatic carbocycles. The van der Waals surface area contributed by atoms with E-state index in [9.17, 15) is 0 Å². The van der Waals surface area contributed by atoms with E-state index in [1.165, 1.54) is 24.8 Å². The molecule has 1 saturated carbocycles. The lowest BCUT2D eigenvalue weighted by molar-refractivity contribution is 0.346. The third-order valence-corrected chi connectivity index (χ3v) is 4.32. The monoisotopic (exact) mass is 232 g/mol. The molecule has 3 unspecified atom stereocenters. The number of rotatable bonds is 5. The molecule has 3 atom stereocenters. The maximum absolute atomic E-state index is 4.04. The summed E-state index contributed by atoms with van der Waals surface area (Å²) in [5.41, 5.74) is 1.38. The van der Waals surface area contributed by atoms with Crippen LogP contribution in [0.3, 0.4) is 0 Å². The van der Waals surface area contributed by atoms with E-state index in [4.69, 9.17) is 0 Å². The quantitative estimate of drug-likeness (QED) is 0.844. The Morgan fingerprint density at radius 3 is 2.71 bits per heavy atom. The number of nitrogens with zero attached hydrogens (tertiary/aromatic N) is 1. The summed E-state index contributed by atoms with van der Waals surface area (Å²) in [6.45, 7) is 5.82. The molecule has 1 aromatic heterocycles. The third kappa shape index (κ3) is 3.29. The van der Waals surface area contributed by atoms with Gasteiger partial charge >= 0.3 is 0 Å². The van der Waals surface area contributed by atoms with Crippen LogP contribution in [-0.4, -0.2) is 17.6 Å². The SMILES string of the molecule is CCC1CCC(NCCc2ccncc2)C1C. The number of aromatic nitrogens is 1. The third-order valence-electron chi connectivity index (χ3n) is 4.32. The van der Waals surface area contributed by atoms with Crippen molar-refractivity contribution in [1.82, 2.24) is 10.3 Å². The van der Waals surface area contributed by atoms with Gasteiger partial charge < -0.3 is 5.32 Å². The fourth-order valence-electron chi connectivity index (χ4n) is 3.06. The second-order valence-electron chi connectivity index (χ2n) is 5.27. The molecule has 2 nitrogen and oxygen atoms in total. The number of nitrogens with one attached hydrogen (secondary N) is 1. The van der Waals surface area contributed by atoms with Crippen molar-refractivity contribution >= 4 is 0 Å². The highest BCUT2D eigenvalue weighted by atomic mass is 14.9. The van der Waals surface area contributed by atoms with E-state index < -0.39 is 0 Å². The van der Waals surface area contributed by atoms with E-state index in [0.717, 1.165) is 30.8 Å². The lowest BCUT2D eigenvalue weighted by Crippen LogP contribution is -2.34. The molecule has 0 aromatic carbocycles. The molecular weight excluding hydrogens is 208 g/mol. The van der Waals surface area contributed by atoms with E-state index in [0.29, 0.717) is 0 Å². The van der Waals surface area contributed by atoms with Gasteiger partial charge in [-0.3, -0.25) is 4.98 Å². The van der Waals surface area contributed by atoms with E-state index in [1.54, 1.807) is 0 Å². The first-order chi connectivity index (χ1) is 8.31. The molecule has 1 fully saturated rings. The Kier molecular flexibility index (Phi) is 4.55. The molecule has 0 radical (unpaired) electrons. The van der Waals surface area contributed by atoms with Crippen molar-refractivity contribution in [3.63, 3.8) is 0 Å². The average molecular weight is 232 g/mol. The van der Waals surface area contributed by atoms with Crippen LogP contribution in [0, 0.1) is 11.8 Å². The van der Waals surface area contributed by atoms with Crippen molar-refractivity contribution in [3.05, 3.63) is 30.1 Å². The van der Waals surface area contributed by atoms with Gasteiger partial charge in [-0.15, -0.1) is 0 Å². The molecule has 1 aliphatic rings. The van der Waals surface area contributed by atoms with E-state index in [-0.39, 0.29) is 0 Å². The molecule has 0 saturated heterocycles. The van der Waals surface area contributed by atoms with Crippen molar-refractivity contribution in [3.8, 4) is 0 Å². The summed E-state index contributed by atoms with van der Waals surface area (Å²) in [7, 11) is 0. The Morgan fingerprint density at radius 1 is 1.29 bits per heavy atom. The van der Waals surface area contributed by atoms with Crippen molar-refractivity contribution in [2.75, 3.05) is 6.54 Å². The summed E-state index contributed by atoms with van der Waals surface area (Å²) in [5.74, 6) is 1.78. The first-order valence-electron chi connectivity index (χ1n) is 6.93. The zero-order chi connectivity index (χ0) is 12.1. The molecule has 1 heterocycles. The molecule has 17 heavy (non-hydrogen) atoms. The minimum atomic E-state index is 0.738. The smallest absolute Gasteiger partial charge is 0.0270 e. The fourth-order valence-corrected chi connectivity index (χ4v) is 3.06. The standard InChI is InChI=1S/C15H24N2/c1-3-14-4-5-15(12(14)2)17-11-8-13-6-9-16-10-7-13/h6-7,9-10,12,14-15,17H,3-5,8,11H2,1-2H3.